The fourth-order valence-electron chi connectivity index (χ4n) is 6.36. The summed E-state index contributed by atoms with van der Waals surface area (Å²) in [5.74, 6) is -0.339. The number of sulfonamides is 1. The molecule has 1 fully saturated rings. The molecular weight excluding hydrogens is 816 g/mol. The summed E-state index contributed by atoms with van der Waals surface area (Å²) in [7, 11) is -3.31. The van der Waals surface area contributed by atoms with Crippen LogP contribution in [0.1, 0.15) is 90.9 Å². The van der Waals surface area contributed by atoms with E-state index in [1.165, 1.54) is 68.5 Å². The number of carbonyl (C=O) groups excluding carboxylic acids is 2. The average molecular weight is 870 g/mol. The van der Waals surface area contributed by atoms with Gasteiger partial charge in [-0.3, -0.25) is 15.0 Å². The van der Waals surface area contributed by atoms with Crippen LogP contribution in [0, 0.1) is 0 Å². The Morgan fingerprint density at radius 3 is 2.00 bits per heavy atom. The van der Waals surface area contributed by atoms with Crippen LogP contribution in [0.15, 0.2) is 59.6 Å². The Kier molecular flexibility index (Phi) is 18.4. The van der Waals surface area contributed by atoms with Gasteiger partial charge in [0.1, 0.15) is 5.69 Å². The fraction of sp³-hybridized carbons (Fsp3) is 0.475. The van der Waals surface area contributed by atoms with Gasteiger partial charge in [0.15, 0.2) is 11.9 Å². The van der Waals surface area contributed by atoms with E-state index in [2.05, 4.69) is 27.7 Å². The van der Waals surface area contributed by atoms with Crippen LogP contribution in [0.3, 0.4) is 0 Å². The number of nitrogens with one attached hydrogen (secondary N) is 4. The van der Waals surface area contributed by atoms with Crippen LogP contribution in [-0.4, -0.2) is 58.0 Å². The highest BCUT2D eigenvalue weighted by atomic mass is 35.5. The molecule has 56 heavy (non-hydrogen) atoms. The molecule has 4 rings (SSSR count). The van der Waals surface area contributed by atoms with Crippen LogP contribution in [0.25, 0.3) is 0 Å². The van der Waals surface area contributed by atoms with E-state index in [1.54, 1.807) is 18.2 Å². The Balaban J connectivity index is 1.46. The lowest BCUT2D eigenvalue weighted by molar-refractivity contribution is -0.117. The number of benzene rings is 3. The van der Waals surface area contributed by atoms with Crippen LogP contribution < -0.4 is 30.7 Å². The number of amides is 2. The molecule has 4 N–H and O–H groups in total. The van der Waals surface area contributed by atoms with Gasteiger partial charge < -0.3 is 15.5 Å². The summed E-state index contributed by atoms with van der Waals surface area (Å²) in [5, 5.41) is 8.35. The van der Waals surface area contributed by atoms with Gasteiger partial charge in [-0.2, -0.15) is 0 Å². The van der Waals surface area contributed by atoms with Gasteiger partial charge in [-0.15, -0.1) is 0 Å². The number of carbonyl (C=O) groups is 2. The second-order valence-electron chi connectivity index (χ2n) is 13.9. The number of rotatable bonds is 23. The number of hydrogen-bond acceptors (Lipinski definition) is 7. The predicted octanol–water partition coefficient (Wildman–Crippen LogP) is 10.4. The Morgan fingerprint density at radius 1 is 0.821 bits per heavy atom. The highest BCUT2D eigenvalue weighted by Crippen LogP contribution is 2.38. The molecule has 1 unspecified atom stereocenters. The van der Waals surface area contributed by atoms with Crippen molar-refractivity contribution in [3.63, 3.8) is 0 Å². The monoisotopic (exact) mass is 867 g/mol. The summed E-state index contributed by atoms with van der Waals surface area (Å²) in [6, 6.07) is 14.3. The summed E-state index contributed by atoms with van der Waals surface area (Å²) >= 11 is 25.9. The van der Waals surface area contributed by atoms with E-state index in [1.807, 2.05) is 36.1 Å². The first-order chi connectivity index (χ1) is 26.8. The molecule has 1 saturated heterocycles. The van der Waals surface area contributed by atoms with Crippen molar-refractivity contribution < 1.29 is 18.0 Å². The predicted molar refractivity (Wildman–Crippen MR) is 235 cm³/mol. The van der Waals surface area contributed by atoms with Crippen molar-refractivity contribution in [2.45, 2.75) is 96.9 Å². The Labute approximate surface area is 351 Å². The average Bonchev–Trinajstić information content (AvgIpc) is 3.43. The van der Waals surface area contributed by atoms with Crippen molar-refractivity contribution in [3.8, 4) is 0 Å². The SMILES string of the molecule is CCCCCCCCCCCCCC(=O)Nc1ccc(Cl)c(N=C2NN(c3c(Cl)cc(Cl)cc3Cl)C(=O)C2Nc2ccc(N(CC)CCNS(C)(=O)=O)cc2)c1. The van der Waals surface area contributed by atoms with Crippen molar-refractivity contribution >= 4 is 103 Å². The van der Waals surface area contributed by atoms with E-state index >= 15 is 0 Å². The number of hydrazine groups is 1. The van der Waals surface area contributed by atoms with Crippen molar-refractivity contribution in [3.05, 3.63) is 74.7 Å². The quantitative estimate of drug-likeness (QED) is 0.0697. The molecular formula is C40H53Cl4N7O4S. The minimum Gasteiger partial charge on any atom is -0.370 e. The second kappa shape index (κ2) is 22.6. The molecule has 1 aliphatic heterocycles. The highest BCUT2D eigenvalue weighted by Gasteiger charge is 2.40. The molecule has 0 bridgehead atoms. The maximum absolute atomic E-state index is 14.1. The lowest BCUT2D eigenvalue weighted by Crippen LogP contribution is -2.37. The van der Waals surface area contributed by atoms with Gasteiger partial charge >= 0.3 is 0 Å². The topological polar surface area (TPSA) is 135 Å². The zero-order valence-electron chi connectivity index (χ0n) is 32.3. The summed E-state index contributed by atoms with van der Waals surface area (Å²) < 4.78 is 25.6. The highest BCUT2D eigenvalue weighted by molar-refractivity contribution is 7.88. The fourth-order valence-corrected chi connectivity index (χ4v) is 7.97. The van der Waals surface area contributed by atoms with Crippen LogP contribution >= 0.6 is 46.4 Å². The number of amidine groups is 1. The third-order valence-corrected chi connectivity index (χ3v) is 11.2. The van der Waals surface area contributed by atoms with Gasteiger partial charge in [0.25, 0.3) is 5.91 Å². The zero-order chi connectivity index (χ0) is 40.7. The first-order valence-corrected chi connectivity index (χ1v) is 22.7. The van der Waals surface area contributed by atoms with Gasteiger partial charge in [0.05, 0.1) is 27.0 Å². The van der Waals surface area contributed by atoms with Crippen LogP contribution in [0.5, 0.6) is 0 Å². The third kappa shape index (κ3) is 14.3. The first-order valence-electron chi connectivity index (χ1n) is 19.3. The maximum atomic E-state index is 14.1. The van der Waals surface area contributed by atoms with E-state index in [0.717, 1.165) is 31.2 Å². The molecule has 1 heterocycles. The Morgan fingerprint density at radius 2 is 1.41 bits per heavy atom. The molecule has 16 heteroatoms. The van der Waals surface area contributed by atoms with Crippen LogP contribution in [0.2, 0.25) is 20.1 Å². The summed E-state index contributed by atoms with van der Waals surface area (Å²) in [6.07, 6.45) is 14.8. The minimum atomic E-state index is -3.31. The van der Waals surface area contributed by atoms with Crippen molar-refractivity contribution in [1.29, 1.82) is 0 Å². The molecule has 3 aromatic carbocycles. The lowest BCUT2D eigenvalue weighted by Gasteiger charge is -2.23. The molecule has 0 saturated carbocycles. The molecule has 3 aromatic rings. The Hall–Kier alpha value is -3.26. The molecule has 0 aromatic heterocycles. The first kappa shape index (κ1) is 45.4. The third-order valence-electron chi connectivity index (χ3n) is 9.32. The molecule has 1 atom stereocenters. The van der Waals surface area contributed by atoms with E-state index in [-0.39, 0.29) is 34.0 Å². The summed E-state index contributed by atoms with van der Waals surface area (Å²) in [6.45, 7) is 5.59. The minimum absolute atomic E-state index is 0.0921. The van der Waals surface area contributed by atoms with E-state index in [0.29, 0.717) is 46.6 Å². The van der Waals surface area contributed by atoms with Gasteiger partial charge in [0, 0.05) is 48.1 Å². The smallest absolute Gasteiger partial charge is 0.276 e. The normalized spacial score (nSPS) is 15.0. The van der Waals surface area contributed by atoms with Crippen LogP contribution in [0.4, 0.5) is 28.4 Å². The number of halogens is 4. The molecule has 306 valence electrons. The van der Waals surface area contributed by atoms with Gasteiger partial charge in [-0.1, -0.05) is 118 Å². The zero-order valence-corrected chi connectivity index (χ0v) is 36.1. The molecule has 0 spiro atoms. The summed E-state index contributed by atoms with van der Waals surface area (Å²) in [5.41, 5.74) is 5.58. The molecule has 2 amide bonds. The lowest BCUT2D eigenvalue weighted by atomic mass is 10.1. The van der Waals surface area contributed by atoms with Crippen molar-refractivity contribution in [2.24, 2.45) is 4.99 Å². The van der Waals surface area contributed by atoms with E-state index < -0.39 is 22.0 Å². The number of nitrogens with zero attached hydrogens (tertiary/aromatic N) is 3. The number of hydrogen-bond donors (Lipinski definition) is 4. The largest absolute Gasteiger partial charge is 0.370 e. The van der Waals surface area contributed by atoms with Crippen LogP contribution in [-0.2, 0) is 19.6 Å². The van der Waals surface area contributed by atoms with Gasteiger partial charge in [-0.05, 0) is 67.9 Å². The number of likely N-dealkylation sites (N-methyl/N-ethyl adjacent to an activating group) is 1. The number of unbranched alkanes of at least 4 members (excludes halogenated alkanes) is 10. The van der Waals surface area contributed by atoms with Gasteiger partial charge in [0.2, 0.25) is 15.9 Å². The van der Waals surface area contributed by atoms with Gasteiger partial charge in [-0.25, -0.2) is 23.1 Å². The van der Waals surface area contributed by atoms with Crippen molar-refractivity contribution in [1.82, 2.24) is 10.1 Å². The molecule has 11 nitrogen and oxygen atoms in total. The molecule has 1 aliphatic rings. The maximum Gasteiger partial charge on any atom is 0.276 e. The number of aliphatic imine (C=N–C) groups is 1. The number of anilines is 4. The second-order valence-corrected chi connectivity index (χ2v) is 17.4. The van der Waals surface area contributed by atoms with Crippen molar-refractivity contribution in [2.75, 3.05) is 46.4 Å². The summed E-state index contributed by atoms with van der Waals surface area (Å²) in [4.78, 5) is 33.7. The Bertz CT molecular complexity index is 1890. The standard InChI is InChI=1S/C40H53Cl4N7O4S/c1-4-6-7-8-9-10-11-12-13-14-15-16-36(52)46-30-19-22-32(42)35(27-30)48-39-37(40(53)51(49-39)38-33(43)25-28(41)26-34(38)44)47-29-17-20-31(21-18-29)50(5-2)24-23-45-56(3,54)55/h17-22,25-27,37,45,47H,4-16,23-24H2,1-3H3,(H,46,52)(H,48,49). The molecule has 0 radical (unpaired) electrons. The van der Waals surface area contributed by atoms with E-state index in [4.69, 9.17) is 51.4 Å². The van der Waals surface area contributed by atoms with E-state index in [9.17, 15) is 18.0 Å². The molecule has 0 aliphatic carbocycles.